The first-order valence-corrected chi connectivity index (χ1v) is 9.66. The Hall–Kier alpha value is -1.56. The number of allylic oxidation sites excluding steroid dienone is 1. The molecule has 3 unspecified atom stereocenters. The van der Waals surface area contributed by atoms with E-state index in [1.807, 2.05) is 6.08 Å². The lowest BCUT2D eigenvalue weighted by molar-refractivity contribution is 0.0524. The van der Waals surface area contributed by atoms with E-state index in [0.29, 0.717) is 18.0 Å². The van der Waals surface area contributed by atoms with E-state index in [-0.39, 0.29) is 0 Å². The molecule has 1 aromatic carbocycles. The van der Waals surface area contributed by atoms with Gasteiger partial charge in [0.25, 0.3) is 0 Å². The summed E-state index contributed by atoms with van der Waals surface area (Å²) >= 11 is 0. The second-order valence-electron chi connectivity index (χ2n) is 7.20. The molecule has 1 saturated heterocycles. The van der Waals surface area contributed by atoms with Gasteiger partial charge in [0.15, 0.2) is 11.5 Å². The first kappa shape index (κ1) is 19.2. The molecule has 0 radical (unpaired) electrons. The van der Waals surface area contributed by atoms with Gasteiger partial charge in [0.05, 0.1) is 27.4 Å². The van der Waals surface area contributed by atoms with Crippen LogP contribution in [0.1, 0.15) is 30.4 Å². The van der Waals surface area contributed by atoms with Crippen molar-refractivity contribution in [3.8, 4) is 11.5 Å². The molecule has 2 aliphatic rings. The van der Waals surface area contributed by atoms with Crippen LogP contribution in [0.2, 0.25) is 0 Å². The van der Waals surface area contributed by atoms with Crippen LogP contribution < -0.4 is 20.1 Å². The summed E-state index contributed by atoms with van der Waals surface area (Å²) in [7, 11) is 3.37. The van der Waals surface area contributed by atoms with E-state index in [1.165, 1.54) is 24.8 Å². The van der Waals surface area contributed by atoms with E-state index in [9.17, 15) is 0 Å². The maximum Gasteiger partial charge on any atom is 0.164 e. The lowest BCUT2D eigenvalue weighted by atomic mass is 9.93. The molecule has 2 N–H and O–H groups in total. The lowest BCUT2D eigenvalue weighted by Gasteiger charge is -2.33. The van der Waals surface area contributed by atoms with Gasteiger partial charge in [0, 0.05) is 30.7 Å². The van der Waals surface area contributed by atoms with Gasteiger partial charge in [-0.2, -0.15) is 0 Å². The van der Waals surface area contributed by atoms with Crippen molar-refractivity contribution in [2.24, 2.45) is 5.92 Å². The van der Waals surface area contributed by atoms with Crippen molar-refractivity contribution in [2.75, 3.05) is 34.0 Å². The Morgan fingerprint density at radius 1 is 1.31 bits per heavy atom. The van der Waals surface area contributed by atoms with E-state index < -0.39 is 0 Å². The van der Waals surface area contributed by atoms with Crippen molar-refractivity contribution < 1.29 is 14.2 Å². The van der Waals surface area contributed by atoms with Crippen LogP contribution in [0.4, 0.5) is 0 Å². The number of morpholine rings is 1. The summed E-state index contributed by atoms with van der Waals surface area (Å²) in [6.45, 7) is 7.32. The van der Waals surface area contributed by atoms with Gasteiger partial charge in [-0.3, -0.25) is 0 Å². The fourth-order valence-electron chi connectivity index (χ4n) is 4.35. The first-order valence-electron chi connectivity index (χ1n) is 9.66. The van der Waals surface area contributed by atoms with Crippen molar-refractivity contribution in [3.05, 3.63) is 35.9 Å². The highest BCUT2D eigenvalue weighted by atomic mass is 16.5. The molecule has 3 atom stereocenters. The Morgan fingerprint density at radius 2 is 2.19 bits per heavy atom. The first-order chi connectivity index (χ1) is 12.8. The zero-order chi connectivity index (χ0) is 18.4. The van der Waals surface area contributed by atoms with Gasteiger partial charge in [-0.05, 0) is 36.8 Å². The molecule has 1 saturated carbocycles. The van der Waals surface area contributed by atoms with Crippen molar-refractivity contribution in [2.45, 2.75) is 44.3 Å². The van der Waals surface area contributed by atoms with Crippen LogP contribution in [0, 0.1) is 5.92 Å². The van der Waals surface area contributed by atoms with Crippen LogP contribution in [-0.4, -0.2) is 46.1 Å². The number of benzene rings is 1. The zero-order valence-electron chi connectivity index (χ0n) is 16.1. The molecular weight excluding hydrogens is 328 g/mol. The molecular formula is C21H32N2O3. The average Bonchev–Trinajstić information content (AvgIpc) is 3.15. The van der Waals surface area contributed by atoms with Crippen LogP contribution in [0.5, 0.6) is 11.5 Å². The minimum Gasteiger partial charge on any atom is -0.493 e. The predicted molar refractivity (Wildman–Crippen MR) is 104 cm³/mol. The van der Waals surface area contributed by atoms with Crippen LogP contribution in [0.3, 0.4) is 0 Å². The van der Waals surface area contributed by atoms with E-state index >= 15 is 0 Å². The SMILES string of the molecule is C=CCc1cc(CNC2CCCC2C2COCCN2)cc(OC)c1OC. The van der Waals surface area contributed by atoms with E-state index in [1.54, 1.807) is 14.2 Å². The molecule has 3 rings (SSSR count). The Kier molecular flexibility index (Phi) is 6.94. The number of methoxy groups -OCH3 is 2. The standard InChI is InChI=1S/C21H32N2O3/c1-4-6-16-11-15(12-20(24-2)21(16)25-3)13-23-18-8-5-7-17(18)19-14-26-10-9-22-19/h4,11-12,17-19,22-23H,1,5-10,13-14H2,2-3H3. The second kappa shape index (κ2) is 9.40. The molecule has 1 aliphatic heterocycles. The summed E-state index contributed by atoms with van der Waals surface area (Å²) in [5, 5.41) is 7.42. The predicted octanol–water partition coefficient (Wildman–Crippen LogP) is 2.68. The highest BCUT2D eigenvalue weighted by Gasteiger charge is 2.34. The number of hydrogen-bond acceptors (Lipinski definition) is 5. The van der Waals surface area contributed by atoms with Gasteiger partial charge in [0.2, 0.25) is 0 Å². The molecule has 0 spiro atoms. The minimum absolute atomic E-state index is 0.477. The topological polar surface area (TPSA) is 51.8 Å². The Morgan fingerprint density at radius 3 is 2.88 bits per heavy atom. The molecule has 1 aliphatic carbocycles. The van der Waals surface area contributed by atoms with Crippen molar-refractivity contribution in [1.29, 1.82) is 0 Å². The summed E-state index contributed by atoms with van der Waals surface area (Å²) in [4.78, 5) is 0. The van der Waals surface area contributed by atoms with Gasteiger partial charge < -0.3 is 24.8 Å². The highest BCUT2D eigenvalue weighted by molar-refractivity contribution is 5.50. The van der Waals surface area contributed by atoms with Crippen molar-refractivity contribution >= 4 is 0 Å². The smallest absolute Gasteiger partial charge is 0.164 e. The molecule has 26 heavy (non-hydrogen) atoms. The number of hydrogen-bond donors (Lipinski definition) is 2. The molecule has 5 nitrogen and oxygen atoms in total. The Bertz CT molecular complexity index is 599. The van der Waals surface area contributed by atoms with Gasteiger partial charge in [0.1, 0.15) is 0 Å². The molecule has 1 aromatic rings. The fourth-order valence-corrected chi connectivity index (χ4v) is 4.35. The highest BCUT2D eigenvalue weighted by Crippen LogP contribution is 2.34. The third-order valence-corrected chi connectivity index (χ3v) is 5.58. The number of rotatable bonds is 8. The summed E-state index contributed by atoms with van der Waals surface area (Å²) < 4.78 is 16.7. The number of ether oxygens (including phenoxy) is 3. The largest absolute Gasteiger partial charge is 0.493 e. The maximum absolute atomic E-state index is 5.67. The minimum atomic E-state index is 0.477. The lowest BCUT2D eigenvalue weighted by Crippen LogP contribution is -2.50. The monoisotopic (exact) mass is 360 g/mol. The zero-order valence-corrected chi connectivity index (χ0v) is 16.1. The van der Waals surface area contributed by atoms with E-state index in [0.717, 1.165) is 49.8 Å². The molecule has 5 heteroatoms. The van der Waals surface area contributed by atoms with Crippen LogP contribution in [-0.2, 0) is 17.7 Å². The van der Waals surface area contributed by atoms with Gasteiger partial charge in [-0.25, -0.2) is 0 Å². The third kappa shape index (κ3) is 4.40. The molecule has 1 heterocycles. The average molecular weight is 360 g/mol. The van der Waals surface area contributed by atoms with E-state index in [4.69, 9.17) is 14.2 Å². The quantitative estimate of drug-likeness (QED) is 0.698. The summed E-state index contributed by atoms with van der Waals surface area (Å²) in [5.41, 5.74) is 2.34. The van der Waals surface area contributed by atoms with Crippen LogP contribution in [0.25, 0.3) is 0 Å². The molecule has 2 fully saturated rings. The van der Waals surface area contributed by atoms with E-state index in [2.05, 4.69) is 29.3 Å². The van der Waals surface area contributed by atoms with Gasteiger partial charge in [-0.15, -0.1) is 6.58 Å². The molecule has 0 amide bonds. The normalized spacial score (nSPS) is 25.8. The number of nitrogens with one attached hydrogen (secondary N) is 2. The fraction of sp³-hybridized carbons (Fsp3) is 0.619. The summed E-state index contributed by atoms with van der Waals surface area (Å²) in [6.07, 6.45) is 6.45. The Labute approximate surface area is 157 Å². The molecule has 0 bridgehead atoms. The third-order valence-electron chi connectivity index (χ3n) is 5.58. The van der Waals surface area contributed by atoms with Crippen molar-refractivity contribution in [3.63, 3.8) is 0 Å². The van der Waals surface area contributed by atoms with Gasteiger partial charge in [-0.1, -0.05) is 18.6 Å². The summed E-state index contributed by atoms with van der Waals surface area (Å²) in [6, 6.07) is 5.28. The van der Waals surface area contributed by atoms with Crippen LogP contribution in [0.15, 0.2) is 24.8 Å². The Balaban J connectivity index is 1.68. The molecule has 0 aromatic heterocycles. The van der Waals surface area contributed by atoms with Crippen LogP contribution >= 0.6 is 0 Å². The maximum atomic E-state index is 5.67. The second-order valence-corrected chi connectivity index (χ2v) is 7.20. The van der Waals surface area contributed by atoms with Crippen molar-refractivity contribution in [1.82, 2.24) is 10.6 Å². The summed E-state index contributed by atoms with van der Waals surface area (Å²) in [5.74, 6) is 2.23. The van der Waals surface area contributed by atoms with Gasteiger partial charge >= 0.3 is 0 Å². The molecule has 144 valence electrons.